The molecule has 0 aromatic heterocycles. The molecule has 2 unspecified atom stereocenters. The molecular formula is C9H15NO4. The third-order valence-electron chi connectivity index (χ3n) is 2.17. The molecule has 1 saturated heterocycles. The van der Waals surface area contributed by atoms with Crippen LogP contribution in [0, 0.1) is 0 Å². The van der Waals surface area contributed by atoms with Crippen LogP contribution in [0.25, 0.3) is 0 Å². The van der Waals surface area contributed by atoms with Crippen LogP contribution in [0.4, 0.5) is 0 Å². The van der Waals surface area contributed by atoms with E-state index in [0.717, 1.165) is 6.42 Å². The zero-order chi connectivity index (χ0) is 10.6. The largest absolute Gasteiger partial charge is 0.467 e. The first-order valence-electron chi connectivity index (χ1n) is 4.62. The van der Waals surface area contributed by atoms with Gasteiger partial charge in [0.2, 0.25) is 5.91 Å². The molecule has 5 nitrogen and oxygen atoms in total. The number of rotatable bonds is 4. The smallest absolute Gasteiger partial charge is 0.334 e. The van der Waals surface area contributed by atoms with Crippen molar-refractivity contribution in [3.05, 3.63) is 0 Å². The molecule has 1 amide bonds. The van der Waals surface area contributed by atoms with Crippen LogP contribution < -0.4 is 5.32 Å². The molecule has 1 aliphatic rings. The molecule has 0 aromatic rings. The highest BCUT2D eigenvalue weighted by Crippen LogP contribution is 2.07. The Morgan fingerprint density at radius 3 is 2.93 bits per heavy atom. The van der Waals surface area contributed by atoms with Crippen molar-refractivity contribution in [2.24, 2.45) is 0 Å². The lowest BCUT2D eigenvalue weighted by molar-refractivity contribution is -0.153. The minimum atomic E-state index is -0.572. The molecule has 0 spiro atoms. The van der Waals surface area contributed by atoms with Gasteiger partial charge >= 0.3 is 5.97 Å². The Balaban J connectivity index is 2.20. The number of ether oxygens (including phenoxy) is 2. The Labute approximate surface area is 82.8 Å². The molecule has 1 fully saturated rings. The van der Waals surface area contributed by atoms with Crippen molar-refractivity contribution >= 4 is 11.9 Å². The molecule has 5 heteroatoms. The zero-order valence-electron chi connectivity index (χ0n) is 8.41. The monoisotopic (exact) mass is 201 g/mol. The maximum Gasteiger partial charge on any atom is 0.334 e. The van der Waals surface area contributed by atoms with Crippen LogP contribution in [0.5, 0.6) is 0 Å². The van der Waals surface area contributed by atoms with Gasteiger partial charge in [-0.25, -0.2) is 4.79 Å². The Morgan fingerprint density at radius 1 is 1.71 bits per heavy atom. The molecule has 80 valence electrons. The van der Waals surface area contributed by atoms with Gasteiger partial charge in [-0.3, -0.25) is 4.79 Å². The van der Waals surface area contributed by atoms with Crippen LogP contribution >= 0.6 is 0 Å². The fourth-order valence-electron chi connectivity index (χ4n) is 1.30. The average Bonchev–Trinajstić information content (AvgIpc) is 2.59. The van der Waals surface area contributed by atoms with Crippen molar-refractivity contribution in [2.45, 2.75) is 31.9 Å². The molecule has 0 bridgehead atoms. The second-order valence-electron chi connectivity index (χ2n) is 3.30. The minimum Gasteiger partial charge on any atom is -0.467 e. The maximum absolute atomic E-state index is 10.9. The highest BCUT2D eigenvalue weighted by Gasteiger charge is 2.22. The summed E-state index contributed by atoms with van der Waals surface area (Å²) in [5.74, 6) is -0.348. The topological polar surface area (TPSA) is 64.6 Å². The lowest BCUT2D eigenvalue weighted by Crippen LogP contribution is -2.33. The quantitative estimate of drug-likeness (QED) is 0.642. The lowest BCUT2D eigenvalue weighted by atomic mass is 10.2. The zero-order valence-corrected chi connectivity index (χ0v) is 8.41. The number of esters is 1. The predicted molar refractivity (Wildman–Crippen MR) is 48.6 cm³/mol. The molecule has 0 saturated carbocycles. The van der Waals surface area contributed by atoms with Gasteiger partial charge < -0.3 is 14.8 Å². The highest BCUT2D eigenvalue weighted by atomic mass is 16.6. The van der Waals surface area contributed by atoms with Gasteiger partial charge in [-0.1, -0.05) is 0 Å². The van der Waals surface area contributed by atoms with E-state index in [9.17, 15) is 9.59 Å². The summed E-state index contributed by atoms with van der Waals surface area (Å²) in [5.41, 5.74) is 0. The van der Waals surface area contributed by atoms with Crippen molar-refractivity contribution in [1.29, 1.82) is 0 Å². The number of nitrogens with one attached hydrogen (secondary N) is 1. The Hall–Kier alpha value is -1.10. The summed E-state index contributed by atoms with van der Waals surface area (Å²) in [7, 11) is 1.32. The molecule has 1 N–H and O–H groups in total. The Kier molecular flexibility index (Phi) is 3.88. The molecule has 0 aliphatic carbocycles. The summed E-state index contributed by atoms with van der Waals surface area (Å²) in [5, 5.41) is 2.75. The van der Waals surface area contributed by atoms with Crippen molar-refractivity contribution < 1.29 is 19.1 Å². The minimum absolute atomic E-state index is 0.0367. The van der Waals surface area contributed by atoms with Crippen LogP contribution in [-0.4, -0.2) is 37.7 Å². The van der Waals surface area contributed by atoms with Crippen molar-refractivity contribution in [3.63, 3.8) is 0 Å². The number of hydrogen-bond acceptors (Lipinski definition) is 4. The van der Waals surface area contributed by atoms with Gasteiger partial charge in [-0.15, -0.1) is 0 Å². The Morgan fingerprint density at radius 2 is 2.43 bits per heavy atom. The third kappa shape index (κ3) is 2.99. The normalized spacial score (nSPS) is 23.0. The van der Waals surface area contributed by atoms with Gasteiger partial charge in [0.25, 0.3) is 0 Å². The number of hydrogen-bond donors (Lipinski definition) is 1. The van der Waals surface area contributed by atoms with E-state index < -0.39 is 12.1 Å². The molecule has 2 atom stereocenters. The summed E-state index contributed by atoms with van der Waals surface area (Å²) >= 11 is 0. The molecule has 0 radical (unpaired) electrons. The fraction of sp³-hybridized carbons (Fsp3) is 0.778. The molecule has 14 heavy (non-hydrogen) atoms. The van der Waals surface area contributed by atoms with Gasteiger partial charge in [0.15, 0.2) is 6.10 Å². The maximum atomic E-state index is 10.9. The van der Waals surface area contributed by atoms with Crippen LogP contribution in [0.3, 0.4) is 0 Å². The van der Waals surface area contributed by atoms with E-state index >= 15 is 0 Å². The van der Waals surface area contributed by atoms with E-state index in [-0.39, 0.29) is 11.9 Å². The summed E-state index contributed by atoms with van der Waals surface area (Å²) in [6, 6.07) is 0.0367. The first-order chi connectivity index (χ1) is 6.63. The second-order valence-corrected chi connectivity index (χ2v) is 3.30. The first-order valence-corrected chi connectivity index (χ1v) is 4.62. The molecule has 0 aromatic carbocycles. The van der Waals surface area contributed by atoms with E-state index in [1.54, 1.807) is 6.92 Å². The third-order valence-corrected chi connectivity index (χ3v) is 2.17. The van der Waals surface area contributed by atoms with Crippen LogP contribution in [-0.2, 0) is 19.1 Å². The van der Waals surface area contributed by atoms with E-state index in [4.69, 9.17) is 4.74 Å². The standard InChI is InChI=1S/C9H15NO4/c1-6(9(12)13-2)14-5-7-3-4-8(11)10-7/h6-7H,3-5H2,1-2H3,(H,10,11). The predicted octanol–water partition coefficient (Wildman–Crippen LogP) is -0.157. The Bertz CT molecular complexity index is 229. The fourth-order valence-corrected chi connectivity index (χ4v) is 1.30. The summed E-state index contributed by atoms with van der Waals surface area (Å²) in [6.45, 7) is 1.99. The molecule has 1 rings (SSSR count). The van der Waals surface area contributed by atoms with Crippen LogP contribution in [0.1, 0.15) is 19.8 Å². The first kappa shape index (κ1) is 11.0. The number of carbonyl (C=O) groups excluding carboxylic acids is 2. The van der Waals surface area contributed by atoms with E-state index in [0.29, 0.717) is 13.0 Å². The van der Waals surface area contributed by atoms with Gasteiger partial charge in [-0.2, -0.15) is 0 Å². The summed E-state index contributed by atoms with van der Waals surface area (Å²) < 4.78 is 9.73. The van der Waals surface area contributed by atoms with Crippen molar-refractivity contribution in [1.82, 2.24) is 5.32 Å². The van der Waals surface area contributed by atoms with Crippen LogP contribution in [0.2, 0.25) is 0 Å². The number of amides is 1. The van der Waals surface area contributed by atoms with Gasteiger partial charge in [0, 0.05) is 6.42 Å². The van der Waals surface area contributed by atoms with E-state index in [1.807, 2.05) is 0 Å². The van der Waals surface area contributed by atoms with Crippen LogP contribution in [0.15, 0.2) is 0 Å². The van der Waals surface area contributed by atoms with Crippen molar-refractivity contribution in [3.8, 4) is 0 Å². The molecular weight excluding hydrogens is 186 g/mol. The van der Waals surface area contributed by atoms with Gasteiger partial charge in [-0.05, 0) is 13.3 Å². The van der Waals surface area contributed by atoms with Crippen molar-refractivity contribution in [2.75, 3.05) is 13.7 Å². The van der Waals surface area contributed by atoms with E-state index in [1.165, 1.54) is 7.11 Å². The number of carbonyl (C=O) groups is 2. The lowest BCUT2D eigenvalue weighted by Gasteiger charge is -2.14. The molecule has 1 aliphatic heterocycles. The van der Waals surface area contributed by atoms with Gasteiger partial charge in [0.1, 0.15) is 0 Å². The number of methoxy groups -OCH3 is 1. The second kappa shape index (κ2) is 4.95. The summed E-state index contributed by atoms with van der Waals surface area (Å²) in [4.78, 5) is 21.8. The van der Waals surface area contributed by atoms with E-state index in [2.05, 4.69) is 10.1 Å². The summed E-state index contributed by atoms with van der Waals surface area (Å²) in [6.07, 6.45) is 0.741. The molecule has 1 heterocycles. The highest BCUT2D eigenvalue weighted by molar-refractivity contribution is 5.78. The van der Waals surface area contributed by atoms with Gasteiger partial charge in [0.05, 0.1) is 19.8 Å². The SMILES string of the molecule is COC(=O)C(C)OCC1CCC(=O)N1. The average molecular weight is 201 g/mol.